The van der Waals surface area contributed by atoms with Crippen LogP contribution in [0.25, 0.3) is 31.3 Å². The highest BCUT2D eigenvalue weighted by molar-refractivity contribution is 7.25. The maximum atomic E-state index is 2.34. The van der Waals surface area contributed by atoms with Crippen molar-refractivity contribution >= 4 is 31.5 Å². The third-order valence-corrected chi connectivity index (χ3v) is 5.18. The predicted octanol–water partition coefficient (Wildman–Crippen LogP) is 7.31. The highest BCUT2D eigenvalue weighted by Gasteiger charge is 2.07. The summed E-state index contributed by atoms with van der Waals surface area (Å²) < 4.78 is 2.76. The monoisotopic (exact) mass is 318 g/mol. The molecule has 0 saturated carbocycles. The number of aryl methyl sites for hydroxylation is 1. The smallest absolute Gasteiger partial charge is 0.0361 e. The van der Waals surface area contributed by atoms with Crippen LogP contribution in [0.3, 0.4) is 0 Å². The first-order valence-corrected chi connectivity index (χ1v) is 9.17. The van der Waals surface area contributed by atoms with Gasteiger partial charge in [-0.15, -0.1) is 11.3 Å². The average Bonchev–Trinajstić information content (AvgIpc) is 3.01. The van der Waals surface area contributed by atoms with Crippen LogP contribution < -0.4 is 0 Å². The number of rotatable bonds is 2. The second-order valence-corrected chi connectivity index (χ2v) is 6.45. The van der Waals surface area contributed by atoms with E-state index in [1.165, 1.54) is 36.9 Å². The second-order valence-electron chi connectivity index (χ2n) is 5.36. The normalized spacial score (nSPS) is 10.6. The Bertz CT molecular complexity index is 917. The van der Waals surface area contributed by atoms with Gasteiger partial charge in [-0.2, -0.15) is 0 Å². The molecule has 1 heteroatoms. The lowest BCUT2D eigenvalue weighted by Crippen LogP contribution is -1.78. The lowest BCUT2D eigenvalue weighted by molar-refractivity contribution is 1.15. The minimum atomic E-state index is 1.09. The molecule has 1 aromatic heterocycles. The minimum absolute atomic E-state index is 1.09. The van der Waals surface area contributed by atoms with E-state index in [9.17, 15) is 0 Å². The maximum absolute atomic E-state index is 2.34. The quantitative estimate of drug-likeness (QED) is 0.363. The van der Waals surface area contributed by atoms with Crippen molar-refractivity contribution in [2.75, 3.05) is 0 Å². The Labute approximate surface area is 142 Å². The van der Waals surface area contributed by atoms with Gasteiger partial charge < -0.3 is 0 Å². The highest BCUT2D eigenvalue weighted by Crippen LogP contribution is 2.36. The lowest BCUT2D eigenvalue weighted by Gasteiger charge is -2.01. The molecule has 0 bridgehead atoms. The van der Waals surface area contributed by atoms with E-state index >= 15 is 0 Å². The summed E-state index contributed by atoms with van der Waals surface area (Å²) in [7, 11) is 0. The van der Waals surface area contributed by atoms with Crippen molar-refractivity contribution in [1.82, 2.24) is 0 Å². The number of fused-ring (bicyclic) bond motifs is 3. The van der Waals surface area contributed by atoms with Gasteiger partial charge >= 0.3 is 0 Å². The van der Waals surface area contributed by atoms with Crippen LogP contribution in [0.1, 0.15) is 26.3 Å². The van der Waals surface area contributed by atoms with Gasteiger partial charge in [-0.05, 0) is 41.3 Å². The summed E-state index contributed by atoms with van der Waals surface area (Å²) in [4.78, 5) is 0. The molecule has 0 fully saturated rings. The Hall–Kier alpha value is -2.12. The first-order chi connectivity index (χ1) is 11.3. The van der Waals surface area contributed by atoms with E-state index in [2.05, 4.69) is 73.7 Å². The van der Waals surface area contributed by atoms with E-state index in [-0.39, 0.29) is 0 Å². The van der Waals surface area contributed by atoms with Crippen LogP contribution in [-0.4, -0.2) is 0 Å². The summed E-state index contributed by atoms with van der Waals surface area (Å²) in [5.74, 6) is 0. The Kier molecular flexibility index (Phi) is 4.78. The van der Waals surface area contributed by atoms with Crippen molar-refractivity contribution < 1.29 is 0 Å². The molecule has 116 valence electrons. The molecule has 4 aromatic rings. The number of benzene rings is 3. The topological polar surface area (TPSA) is 0 Å². The molecule has 0 saturated heterocycles. The molecule has 0 aliphatic rings. The van der Waals surface area contributed by atoms with E-state index in [1.54, 1.807) is 0 Å². The van der Waals surface area contributed by atoms with E-state index in [0.717, 1.165) is 6.42 Å². The van der Waals surface area contributed by atoms with Crippen LogP contribution in [0, 0.1) is 0 Å². The molecule has 0 atom stereocenters. The number of hydrogen-bond acceptors (Lipinski definition) is 1. The molecule has 0 aliphatic carbocycles. The molecule has 0 amide bonds. The Morgan fingerprint density at radius 2 is 1.48 bits per heavy atom. The lowest BCUT2D eigenvalue weighted by atomic mass is 10.0. The second kappa shape index (κ2) is 6.97. The van der Waals surface area contributed by atoms with Crippen molar-refractivity contribution in [3.05, 3.63) is 72.3 Å². The van der Waals surface area contributed by atoms with E-state index < -0.39 is 0 Å². The average molecular weight is 318 g/mol. The van der Waals surface area contributed by atoms with Gasteiger partial charge in [-0.1, -0.05) is 69.3 Å². The molecule has 0 aliphatic heterocycles. The van der Waals surface area contributed by atoms with Gasteiger partial charge in [0.05, 0.1) is 0 Å². The molecule has 4 rings (SSSR count). The molecule has 23 heavy (non-hydrogen) atoms. The van der Waals surface area contributed by atoms with E-state index in [4.69, 9.17) is 0 Å². The van der Waals surface area contributed by atoms with Crippen molar-refractivity contribution in [2.45, 2.75) is 27.2 Å². The Morgan fingerprint density at radius 1 is 0.696 bits per heavy atom. The van der Waals surface area contributed by atoms with Gasteiger partial charge in [0, 0.05) is 20.2 Å². The van der Waals surface area contributed by atoms with Crippen molar-refractivity contribution in [3.63, 3.8) is 0 Å². The van der Waals surface area contributed by atoms with E-state index in [0.29, 0.717) is 0 Å². The molecule has 0 nitrogen and oxygen atoms in total. The SMILES string of the molecule is CC.CCc1ccc2sc3cc(-c4ccccc4)ccc3c2c1. The molecule has 3 aromatic carbocycles. The summed E-state index contributed by atoms with van der Waals surface area (Å²) in [6.07, 6.45) is 1.09. The summed E-state index contributed by atoms with van der Waals surface area (Å²) in [5.41, 5.74) is 3.99. The minimum Gasteiger partial charge on any atom is -0.135 e. The van der Waals surface area contributed by atoms with Gasteiger partial charge in [0.25, 0.3) is 0 Å². The van der Waals surface area contributed by atoms with Crippen LogP contribution in [-0.2, 0) is 6.42 Å². The van der Waals surface area contributed by atoms with Crippen LogP contribution in [0.2, 0.25) is 0 Å². The summed E-state index contributed by atoms with van der Waals surface area (Å²) >= 11 is 1.89. The standard InChI is InChI=1S/C20H16S.C2H6/c1-2-14-8-11-19-18(12-14)17-10-9-16(13-20(17)21-19)15-6-4-3-5-7-15;1-2/h3-13H,2H2,1H3;1-2H3. The highest BCUT2D eigenvalue weighted by atomic mass is 32.1. The van der Waals surface area contributed by atoms with Gasteiger partial charge in [0.2, 0.25) is 0 Å². The first kappa shape index (κ1) is 15.8. The molecule has 1 heterocycles. The molecular formula is C22H22S. The zero-order valence-electron chi connectivity index (χ0n) is 14.0. The van der Waals surface area contributed by atoms with Gasteiger partial charge in [-0.3, -0.25) is 0 Å². The molecular weight excluding hydrogens is 296 g/mol. The van der Waals surface area contributed by atoms with Crippen LogP contribution in [0.15, 0.2) is 66.7 Å². The van der Waals surface area contributed by atoms with Crippen LogP contribution >= 0.6 is 11.3 Å². The Morgan fingerprint density at radius 3 is 2.22 bits per heavy atom. The first-order valence-electron chi connectivity index (χ1n) is 8.36. The van der Waals surface area contributed by atoms with Crippen molar-refractivity contribution in [3.8, 4) is 11.1 Å². The van der Waals surface area contributed by atoms with Crippen molar-refractivity contribution in [2.24, 2.45) is 0 Å². The van der Waals surface area contributed by atoms with E-state index in [1.807, 2.05) is 25.2 Å². The van der Waals surface area contributed by atoms with Crippen molar-refractivity contribution in [1.29, 1.82) is 0 Å². The fourth-order valence-electron chi connectivity index (χ4n) is 2.85. The molecule has 0 N–H and O–H groups in total. The van der Waals surface area contributed by atoms with Gasteiger partial charge in [0.1, 0.15) is 0 Å². The number of hydrogen-bond donors (Lipinski definition) is 0. The summed E-state index contributed by atoms with van der Waals surface area (Å²) in [6.45, 7) is 6.21. The Balaban J connectivity index is 0.000000753. The van der Waals surface area contributed by atoms with Crippen LogP contribution in [0.5, 0.6) is 0 Å². The molecule has 0 radical (unpaired) electrons. The zero-order chi connectivity index (χ0) is 16.2. The summed E-state index contributed by atoms with van der Waals surface area (Å²) in [6, 6.07) is 24.3. The van der Waals surface area contributed by atoms with Gasteiger partial charge in [-0.25, -0.2) is 0 Å². The van der Waals surface area contributed by atoms with Gasteiger partial charge in [0.15, 0.2) is 0 Å². The number of thiophene rings is 1. The molecule has 0 unspecified atom stereocenters. The fourth-order valence-corrected chi connectivity index (χ4v) is 3.98. The summed E-state index contributed by atoms with van der Waals surface area (Å²) in [5, 5.41) is 2.78. The predicted molar refractivity (Wildman–Crippen MR) is 105 cm³/mol. The largest absolute Gasteiger partial charge is 0.135 e. The fraction of sp³-hybridized carbons (Fsp3) is 0.182. The molecule has 0 spiro atoms. The third kappa shape index (κ3) is 3.02. The zero-order valence-corrected chi connectivity index (χ0v) is 14.8. The van der Waals surface area contributed by atoms with Crippen LogP contribution in [0.4, 0.5) is 0 Å². The third-order valence-electron chi connectivity index (χ3n) is 4.05. The maximum Gasteiger partial charge on any atom is 0.0361 e.